The molecule has 1 saturated heterocycles. The van der Waals surface area contributed by atoms with Crippen molar-refractivity contribution in [1.29, 1.82) is 0 Å². The van der Waals surface area contributed by atoms with Crippen molar-refractivity contribution in [3.63, 3.8) is 0 Å². The van der Waals surface area contributed by atoms with E-state index in [-0.39, 0.29) is 12.1 Å². The highest BCUT2D eigenvalue weighted by atomic mass is 16.6. The number of carbonyl (C=O) groups is 2. The van der Waals surface area contributed by atoms with Crippen LogP contribution in [0.4, 0.5) is 15.3 Å². The first-order valence-corrected chi connectivity index (χ1v) is 9.24. The lowest BCUT2D eigenvalue weighted by Crippen LogP contribution is -2.43. The summed E-state index contributed by atoms with van der Waals surface area (Å²) in [6, 6.07) is 16.6. The summed E-state index contributed by atoms with van der Waals surface area (Å²) >= 11 is 0. The summed E-state index contributed by atoms with van der Waals surface area (Å²) in [4.78, 5) is 26.0. The minimum atomic E-state index is -0.315. The number of amides is 3. The molecule has 0 aliphatic carbocycles. The molecule has 1 aliphatic rings. The number of benzene rings is 2. The topological polar surface area (TPSA) is 70.7 Å². The molecule has 0 saturated carbocycles. The number of hydrogen-bond donors (Lipinski definition) is 2. The Hall–Kier alpha value is -3.02. The second-order valence-corrected chi connectivity index (χ2v) is 6.76. The van der Waals surface area contributed by atoms with Crippen molar-refractivity contribution in [1.82, 2.24) is 10.2 Å². The number of rotatable bonds is 4. The zero-order valence-electron chi connectivity index (χ0n) is 15.5. The molecule has 1 aliphatic heterocycles. The van der Waals surface area contributed by atoms with E-state index in [1.807, 2.05) is 49.4 Å². The van der Waals surface area contributed by atoms with Gasteiger partial charge in [0.25, 0.3) is 0 Å². The molecule has 0 radical (unpaired) electrons. The van der Waals surface area contributed by atoms with Crippen molar-refractivity contribution >= 4 is 17.8 Å². The first kappa shape index (κ1) is 18.8. The summed E-state index contributed by atoms with van der Waals surface area (Å²) in [6.45, 7) is 3.83. The molecular formula is C21H25N3O3. The van der Waals surface area contributed by atoms with Crippen molar-refractivity contribution < 1.29 is 14.3 Å². The van der Waals surface area contributed by atoms with Crippen LogP contribution in [-0.2, 0) is 0 Å². The molecule has 6 heteroatoms. The molecule has 3 amide bonds. The van der Waals surface area contributed by atoms with Gasteiger partial charge in [-0.25, -0.2) is 9.59 Å². The Morgan fingerprint density at radius 3 is 2.41 bits per heavy atom. The van der Waals surface area contributed by atoms with Crippen LogP contribution in [0.5, 0.6) is 5.75 Å². The quantitative estimate of drug-likeness (QED) is 0.857. The Balaban J connectivity index is 1.38. The SMILES string of the molecule is Cc1ccccc1NC(=O)NCC1CCN(C(=O)Oc2ccccc2)CC1. The van der Waals surface area contributed by atoms with E-state index in [0.29, 0.717) is 31.3 Å². The average molecular weight is 367 g/mol. The number of anilines is 1. The number of hydrogen-bond acceptors (Lipinski definition) is 3. The number of carbonyl (C=O) groups excluding carboxylic acids is 2. The van der Waals surface area contributed by atoms with Crippen LogP contribution in [-0.4, -0.2) is 36.7 Å². The van der Waals surface area contributed by atoms with Crippen LogP contribution in [0.2, 0.25) is 0 Å². The lowest BCUT2D eigenvalue weighted by atomic mass is 9.97. The lowest BCUT2D eigenvalue weighted by molar-refractivity contribution is 0.130. The summed E-state index contributed by atoms with van der Waals surface area (Å²) in [5.41, 5.74) is 1.84. The lowest BCUT2D eigenvalue weighted by Gasteiger charge is -2.31. The van der Waals surface area contributed by atoms with Crippen LogP contribution < -0.4 is 15.4 Å². The molecule has 0 spiro atoms. The zero-order chi connectivity index (χ0) is 19.1. The number of urea groups is 1. The zero-order valence-corrected chi connectivity index (χ0v) is 15.5. The maximum absolute atomic E-state index is 12.2. The van der Waals surface area contributed by atoms with E-state index in [4.69, 9.17) is 4.74 Å². The van der Waals surface area contributed by atoms with Crippen LogP contribution in [0.1, 0.15) is 18.4 Å². The maximum Gasteiger partial charge on any atom is 0.415 e. The summed E-state index contributed by atoms with van der Waals surface area (Å²) in [7, 11) is 0. The van der Waals surface area contributed by atoms with Gasteiger partial charge in [-0.2, -0.15) is 0 Å². The smallest absolute Gasteiger partial charge is 0.410 e. The molecule has 2 aromatic carbocycles. The normalized spacial score (nSPS) is 14.5. The summed E-state index contributed by atoms with van der Waals surface area (Å²) in [6.07, 6.45) is 1.37. The van der Waals surface area contributed by atoms with Crippen molar-refractivity contribution in [2.24, 2.45) is 5.92 Å². The fourth-order valence-electron chi connectivity index (χ4n) is 3.09. The molecule has 6 nitrogen and oxygen atoms in total. The minimum Gasteiger partial charge on any atom is -0.410 e. The van der Waals surface area contributed by atoms with Gasteiger partial charge in [-0.1, -0.05) is 36.4 Å². The molecule has 1 heterocycles. The number of para-hydroxylation sites is 2. The van der Waals surface area contributed by atoms with Crippen molar-refractivity contribution in [2.75, 3.05) is 25.0 Å². The number of nitrogens with one attached hydrogen (secondary N) is 2. The Bertz CT molecular complexity index is 771. The van der Waals surface area contributed by atoms with Gasteiger partial charge in [0.05, 0.1) is 0 Å². The first-order valence-electron chi connectivity index (χ1n) is 9.24. The monoisotopic (exact) mass is 367 g/mol. The van der Waals surface area contributed by atoms with E-state index >= 15 is 0 Å². The van der Waals surface area contributed by atoms with Crippen molar-refractivity contribution in [3.05, 3.63) is 60.2 Å². The molecule has 0 unspecified atom stereocenters. The second-order valence-electron chi connectivity index (χ2n) is 6.76. The van der Waals surface area contributed by atoms with Gasteiger partial charge in [0.2, 0.25) is 0 Å². The fourth-order valence-corrected chi connectivity index (χ4v) is 3.09. The fraction of sp³-hybridized carbons (Fsp3) is 0.333. The number of ether oxygens (including phenoxy) is 1. The molecule has 0 atom stereocenters. The predicted octanol–water partition coefficient (Wildman–Crippen LogP) is 4.03. The number of aryl methyl sites for hydroxylation is 1. The Labute approximate surface area is 159 Å². The number of nitrogens with zero attached hydrogens (tertiary/aromatic N) is 1. The third kappa shape index (κ3) is 5.48. The van der Waals surface area contributed by atoms with Gasteiger partial charge in [-0.3, -0.25) is 0 Å². The molecular weight excluding hydrogens is 342 g/mol. The van der Waals surface area contributed by atoms with Gasteiger partial charge < -0.3 is 20.3 Å². The molecule has 3 rings (SSSR count). The predicted molar refractivity (Wildman–Crippen MR) is 105 cm³/mol. The highest BCUT2D eigenvalue weighted by molar-refractivity contribution is 5.90. The van der Waals surface area contributed by atoms with Crippen molar-refractivity contribution in [2.45, 2.75) is 19.8 Å². The molecule has 142 valence electrons. The summed E-state index contributed by atoms with van der Waals surface area (Å²) in [5.74, 6) is 0.910. The largest absolute Gasteiger partial charge is 0.415 e. The third-order valence-corrected chi connectivity index (χ3v) is 4.77. The second kappa shape index (κ2) is 9.07. The Morgan fingerprint density at radius 2 is 1.70 bits per heavy atom. The molecule has 2 aromatic rings. The first-order chi connectivity index (χ1) is 13.1. The van der Waals surface area contributed by atoms with E-state index < -0.39 is 0 Å². The summed E-state index contributed by atoms with van der Waals surface area (Å²) in [5, 5.41) is 5.80. The van der Waals surface area contributed by atoms with Crippen LogP contribution in [0.15, 0.2) is 54.6 Å². The third-order valence-electron chi connectivity index (χ3n) is 4.77. The highest BCUT2D eigenvalue weighted by Gasteiger charge is 2.24. The van der Waals surface area contributed by atoms with Crippen LogP contribution in [0, 0.1) is 12.8 Å². The van der Waals surface area contributed by atoms with E-state index in [9.17, 15) is 9.59 Å². The minimum absolute atomic E-state index is 0.199. The van der Waals surface area contributed by atoms with Gasteiger partial charge in [0.15, 0.2) is 0 Å². The van der Waals surface area contributed by atoms with Crippen LogP contribution in [0.3, 0.4) is 0 Å². The van der Waals surface area contributed by atoms with Gasteiger partial charge in [-0.15, -0.1) is 0 Å². The van der Waals surface area contributed by atoms with Gasteiger partial charge >= 0.3 is 12.1 Å². The average Bonchev–Trinajstić information content (AvgIpc) is 2.69. The van der Waals surface area contributed by atoms with E-state index in [1.165, 1.54) is 0 Å². The van der Waals surface area contributed by atoms with E-state index in [0.717, 1.165) is 24.1 Å². The number of likely N-dealkylation sites (tertiary alicyclic amines) is 1. The molecule has 0 bridgehead atoms. The molecule has 27 heavy (non-hydrogen) atoms. The van der Waals surface area contributed by atoms with E-state index in [1.54, 1.807) is 17.0 Å². The maximum atomic E-state index is 12.2. The molecule has 1 fully saturated rings. The van der Waals surface area contributed by atoms with E-state index in [2.05, 4.69) is 10.6 Å². The Kier molecular flexibility index (Phi) is 6.30. The van der Waals surface area contributed by atoms with Crippen LogP contribution >= 0.6 is 0 Å². The highest BCUT2D eigenvalue weighted by Crippen LogP contribution is 2.19. The molecule has 2 N–H and O–H groups in total. The number of piperidine rings is 1. The van der Waals surface area contributed by atoms with Gasteiger partial charge in [0, 0.05) is 25.3 Å². The van der Waals surface area contributed by atoms with Gasteiger partial charge in [-0.05, 0) is 49.4 Å². The summed E-state index contributed by atoms with van der Waals surface area (Å²) < 4.78 is 5.37. The van der Waals surface area contributed by atoms with Crippen molar-refractivity contribution in [3.8, 4) is 5.75 Å². The molecule has 0 aromatic heterocycles. The van der Waals surface area contributed by atoms with Gasteiger partial charge in [0.1, 0.15) is 5.75 Å². The Morgan fingerprint density at radius 1 is 1.04 bits per heavy atom. The van der Waals surface area contributed by atoms with Crippen LogP contribution in [0.25, 0.3) is 0 Å². The standard InChI is InChI=1S/C21H25N3O3/c1-16-7-5-6-10-19(16)23-20(25)22-15-17-11-13-24(14-12-17)21(26)27-18-8-3-2-4-9-18/h2-10,17H,11-15H2,1H3,(H2,22,23,25).